The molecule has 1 heterocycles. The highest BCUT2D eigenvalue weighted by Gasteiger charge is 2.12. The second-order valence-corrected chi connectivity index (χ2v) is 3.67. The van der Waals surface area contributed by atoms with E-state index in [4.69, 9.17) is 21.4 Å². The maximum Gasteiger partial charge on any atom is 0.158 e. The van der Waals surface area contributed by atoms with Crippen molar-refractivity contribution in [3.63, 3.8) is 0 Å². The molecule has 0 aromatic heterocycles. The summed E-state index contributed by atoms with van der Waals surface area (Å²) in [5.41, 5.74) is 2.20. The minimum atomic E-state index is -0.647. The molecule has 0 saturated heterocycles. The predicted molar refractivity (Wildman–Crippen MR) is 56.0 cm³/mol. The molecule has 1 atom stereocenters. The van der Waals surface area contributed by atoms with Crippen LogP contribution in [0.1, 0.15) is 12.0 Å². The number of aliphatic hydroxyl groups excluding tert-OH is 1. The molecule has 1 aromatic rings. The van der Waals surface area contributed by atoms with E-state index in [1.54, 1.807) is 0 Å². The highest BCUT2D eigenvalue weighted by Crippen LogP contribution is 2.22. The van der Waals surface area contributed by atoms with Gasteiger partial charge in [0.05, 0.1) is 6.61 Å². The Hall–Kier alpha value is -0.830. The third-order valence-electron chi connectivity index (χ3n) is 2.21. The largest absolute Gasteiger partial charge is 0.368 e. The molecule has 1 aliphatic heterocycles. The molecule has 0 radical (unpaired) electrons. The van der Waals surface area contributed by atoms with Crippen LogP contribution in [0.5, 0.6) is 0 Å². The first-order valence-electron chi connectivity index (χ1n) is 4.50. The van der Waals surface area contributed by atoms with Gasteiger partial charge in [-0.1, -0.05) is 29.8 Å². The SMILES string of the molecule is OC1CC=C(c2ccc(Cl)cc2)CO1. The van der Waals surface area contributed by atoms with Crippen LogP contribution < -0.4 is 0 Å². The first-order valence-corrected chi connectivity index (χ1v) is 4.88. The van der Waals surface area contributed by atoms with E-state index in [1.165, 1.54) is 0 Å². The van der Waals surface area contributed by atoms with Crippen LogP contribution in [0.15, 0.2) is 30.3 Å². The van der Waals surface area contributed by atoms with Crippen LogP contribution in [0, 0.1) is 0 Å². The van der Waals surface area contributed by atoms with Crippen molar-refractivity contribution in [2.24, 2.45) is 0 Å². The fourth-order valence-electron chi connectivity index (χ4n) is 1.42. The van der Waals surface area contributed by atoms with Gasteiger partial charge in [0.1, 0.15) is 0 Å². The van der Waals surface area contributed by atoms with Gasteiger partial charge in [-0.15, -0.1) is 0 Å². The average molecular weight is 211 g/mol. The number of hydrogen-bond donors (Lipinski definition) is 1. The molecule has 2 nitrogen and oxygen atoms in total. The molecule has 1 aromatic carbocycles. The fourth-order valence-corrected chi connectivity index (χ4v) is 1.55. The van der Waals surface area contributed by atoms with Gasteiger partial charge in [0.2, 0.25) is 0 Å². The third-order valence-corrected chi connectivity index (χ3v) is 2.46. The minimum absolute atomic E-state index is 0.461. The van der Waals surface area contributed by atoms with Crippen molar-refractivity contribution < 1.29 is 9.84 Å². The van der Waals surface area contributed by atoms with E-state index in [0.717, 1.165) is 16.2 Å². The van der Waals surface area contributed by atoms with Gasteiger partial charge in [-0.3, -0.25) is 0 Å². The summed E-state index contributed by atoms with van der Waals surface area (Å²) in [4.78, 5) is 0. The van der Waals surface area contributed by atoms with E-state index < -0.39 is 6.29 Å². The Morgan fingerprint density at radius 3 is 2.57 bits per heavy atom. The average Bonchev–Trinajstić information content (AvgIpc) is 2.21. The van der Waals surface area contributed by atoms with Crippen LogP contribution in [0.3, 0.4) is 0 Å². The summed E-state index contributed by atoms with van der Waals surface area (Å²) in [5.74, 6) is 0. The Bertz CT molecular complexity index is 343. The van der Waals surface area contributed by atoms with E-state index in [-0.39, 0.29) is 0 Å². The molecule has 0 bridgehead atoms. The van der Waals surface area contributed by atoms with Crippen LogP contribution in [0.4, 0.5) is 0 Å². The molecule has 0 saturated carbocycles. The zero-order valence-electron chi connectivity index (χ0n) is 7.61. The lowest BCUT2D eigenvalue weighted by Gasteiger charge is -2.18. The van der Waals surface area contributed by atoms with Gasteiger partial charge in [-0.2, -0.15) is 0 Å². The quantitative estimate of drug-likeness (QED) is 0.772. The maximum absolute atomic E-state index is 9.13. The molecule has 14 heavy (non-hydrogen) atoms. The van der Waals surface area contributed by atoms with Crippen LogP contribution in [0.2, 0.25) is 5.02 Å². The normalized spacial score (nSPS) is 21.9. The van der Waals surface area contributed by atoms with E-state index in [9.17, 15) is 0 Å². The maximum atomic E-state index is 9.13. The third kappa shape index (κ3) is 2.15. The summed E-state index contributed by atoms with van der Waals surface area (Å²) in [7, 11) is 0. The van der Waals surface area contributed by atoms with Gasteiger partial charge >= 0.3 is 0 Å². The number of halogens is 1. The smallest absolute Gasteiger partial charge is 0.158 e. The van der Waals surface area contributed by atoms with E-state index in [2.05, 4.69) is 0 Å². The van der Waals surface area contributed by atoms with Crippen molar-refractivity contribution in [2.75, 3.05) is 6.61 Å². The topological polar surface area (TPSA) is 29.5 Å². The molecule has 74 valence electrons. The summed E-state index contributed by atoms with van der Waals surface area (Å²) >= 11 is 5.78. The Balaban J connectivity index is 2.19. The van der Waals surface area contributed by atoms with E-state index in [1.807, 2.05) is 30.3 Å². The second-order valence-electron chi connectivity index (χ2n) is 3.24. The van der Waals surface area contributed by atoms with Crippen molar-refractivity contribution in [3.8, 4) is 0 Å². The van der Waals surface area contributed by atoms with Crippen molar-refractivity contribution in [2.45, 2.75) is 12.7 Å². The van der Waals surface area contributed by atoms with Crippen molar-refractivity contribution in [1.82, 2.24) is 0 Å². The molecule has 0 fully saturated rings. The Morgan fingerprint density at radius 2 is 2.00 bits per heavy atom. The Kier molecular flexibility index (Phi) is 2.87. The van der Waals surface area contributed by atoms with Crippen molar-refractivity contribution in [3.05, 3.63) is 40.9 Å². The monoisotopic (exact) mass is 210 g/mol. The summed E-state index contributed by atoms with van der Waals surface area (Å²) in [6, 6.07) is 7.61. The molecular formula is C11H11ClO2. The van der Waals surface area contributed by atoms with Crippen molar-refractivity contribution in [1.29, 1.82) is 0 Å². The van der Waals surface area contributed by atoms with E-state index in [0.29, 0.717) is 13.0 Å². The van der Waals surface area contributed by atoms with Gasteiger partial charge < -0.3 is 9.84 Å². The Morgan fingerprint density at radius 1 is 1.29 bits per heavy atom. The molecule has 0 spiro atoms. The molecule has 3 heteroatoms. The van der Waals surface area contributed by atoms with Gasteiger partial charge in [0.15, 0.2) is 6.29 Å². The molecular weight excluding hydrogens is 200 g/mol. The van der Waals surface area contributed by atoms with Crippen LogP contribution in [0.25, 0.3) is 5.57 Å². The fraction of sp³-hybridized carbons (Fsp3) is 0.273. The lowest BCUT2D eigenvalue weighted by molar-refractivity contribution is -0.0881. The lowest BCUT2D eigenvalue weighted by atomic mass is 10.0. The molecule has 1 aliphatic rings. The minimum Gasteiger partial charge on any atom is -0.368 e. The molecule has 2 rings (SSSR count). The number of rotatable bonds is 1. The van der Waals surface area contributed by atoms with Gasteiger partial charge in [0.25, 0.3) is 0 Å². The molecule has 0 amide bonds. The van der Waals surface area contributed by atoms with Crippen LogP contribution in [-0.4, -0.2) is 18.0 Å². The zero-order chi connectivity index (χ0) is 9.97. The summed E-state index contributed by atoms with van der Waals surface area (Å²) in [6.07, 6.45) is 1.90. The molecule has 1 unspecified atom stereocenters. The summed E-state index contributed by atoms with van der Waals surface area (Å²) < 4.78 is 5.13. The zero-order valence-corrected chi connectivity index (χ0v) is 8.37. The highest BCUT2D eigenvalue weighted by atomic mass is 35.5. The van der Waals surface area contributed by atoms with E-state index >= 15 is 0 Å². The number of ether oxygens (including phenoxy) is 1. The second kappa shape index (κ2) is 4.13. The van der Waals surface area contributed by atoms with Crippen molar-refractivity contribution >= 4 is 17.2 Å². The first kappa shape index (κ1) is 9.71. The first-order chi connectivity index (χ1) is 6.75. The van der Waals surface area contributed by atoms with Gasteiger partial charge in [-0.25, -0.2) is 0 Å². The molecule has 0 aliphatic carbocycles. The highest BCUT2D eigenvalue weighted by molar-refractivity contribution is 6.30. The predicted octanol–water partition coefficient (Wildman–Crippen LogP) is 2.46. The van der Waals surface area contributed by atoms with Gasteiger partial charge in [-0.05, 0) is 23.3 Å². The van der Waals surface area contributed by atoms with Gasteiger partial charge in [0, 0.05) is 11.4 Å². The summed E-state index contributed by atoms with van der Waals surface area (Å²) in [6.45, 7) is 0.461. The lowest BCUT2D eigenvalue weighted by Crippen LogP contribution is -2.17. The standard InChI is InChI=1S/C11H11ClO2/c12-10-4-1-8(2-5-10)9-3-6-11(13)14-7-9/h1-5,11,13H,6-7H2. The number of hydrogen-bond acceptors (Lipinski definition) is 2. The van der Waals surface area contributed by atoms with Crippen LogP contribution >= 0.6 is 11.6 Å². The molecule has 1 N–H and O–H groups in total. The number of aliphatic hydroxyl groups is 1. The van der Waals surface area contributed by atoms with Crippen LogP contribution in [-0.2, 0) is 4.74 Å². The number of benzene rings is 1. The Labute approximate surface area is 87.8 Å². The summed E-state index contributed by atoms with van der Waals surface area (Å²) in [5, 5.41) is 9.86.